The summed E-state index contributed by atoms with van der Waals surface area (Å²) < 4.78 is 6.40. The predicted molar refractivity (Wildman–Crippen MR) is 58.2 cm³/mol. The Morgan fingerprint density at radius 1 is 1.58 bits per heavy atom. The van der Waals surface area contributed by atoms with Crippen LogP contribution in [0.2, 0.25) is 0 Å². The summed E-state index contributed by atoms with van der Waals surface area (Å²) in [6.45, 7) is 2.38. The van der Waals surface area contributed by atoms with Crippen LogP contribution >= 0.6 is 22.6 Å². The second kappa shape index (κ2) is 4.36. The van der Waals surface area contributed by atoms with E-state index in [2.05, 4.69) is 34.6 Å². The molecule has 0 spiro atoms. The fraction of sp³-hybridized carbons (Fsp3) is 0.200. The fourth-order valence-electron chi connectivity index (χ4n) is 0.842. The highest BCUT2D eigenvalue weighted by Gasteiger charge is 1.98. The second-order valence-corrected chi connectivity index (χ2v) is 3.59. The van der Waals surface area contributed by atoms with Crippen molar-refractivity contribution >= 4 is 22.6 Å². The van der Waals surface area contributed by atoms with Crippen LogP contribution < -0.4 is 4.74 Å². The Balaban J connectivity index is 2.81. The first-order valence-electron chi connectivity index (χ1n) is 3.56. The first-order chi connectivity index (χ1) is 5.74. The van der Waals surface area contributed by atoms with Crippen molar-refractivity contribution in [3.63, 3.8) is 0 Å². The molecule has 0 radical (unpaired) electrons. The average molecular weight is 272 g/mol. The molecule has 0 amide bonds. The number of terminal acetylenes is 1. The smallest absolute Gasteiger partial charge is 0.148 e. The van der Waals surface area contributed by atoms with E-state index in [1.54, 1.807) is 0 Å². The zero-order chi connectivity index (χ0) is 8.97. The van der Waals surface area contributed by atoms with E-state index < -0.39 is 0 Å². The summed E-state index contributed by atoms with van der Waals surface area (Å²) in [6.07, 6.45) is 5.08. The molecule has 0 unspecified atom stereocenters. The van der Waals surface area contributed by atoms with Gasteiger partial charge >= 0.3 is 0 Å². The quantitative estimate of drug-likeness (QED) is 0.594. The van der Waals surface area contributed by atoms with Crippen molar-refractivity contribution in [3.8, 4) is 18.1 Å². The van der Waals surface area contributed by atoms with Crippen molar-refractivity contribution in [2.24, 2.45) is 0 Å². The third-order valence-corrected chi connectivity index (χ3v) is 2.24. The van der Waals surface area contributed by atoms with E-state index in [1.165, 1.54) is 5.56 Å². The summed E-state index contributed by atoms with van der Waals surface area (Å²) in [4.78, 5) is 0. The molecule has 0 aliphatic carbocycles. The molecule has 1 nitrogen and oxygen atoms in total. The Labute approximate surface area is 86.3 Å². The molecular formula is C10H9IO. The molecule has 0 heterocycles. The molecular weight excluding hydrogens is 263 g/mol. The zero-order valence-corrected chi connectivity index (χ0v) is 8.96. The maximum Gasteiger partial charge on any atom is 0.148 e. The summed E-state index contributed by atoms with van der Waals surface area (Å²) in [5, 5.41) is 0. The first kappa shape index (κ1) is 9.40. The molecule has 0 N–H and O–H groups in total. The normalized spacial score (nSPS) is 9.08. The summed E-state index contributed by atoms with van der Waals surface area (Å²) >= 11 is 2.23. The van der Waals surface area contributed by atoms with Gasteiger partial charge < -0.3 is 4.74 Å². The van der Waals surface area contributed by atoms with Gasteiger partial charge in [-0.15, -0.1) is 6.42 Å². The Morgan fingerprint density at radius 2 is 2.33 bits per heavy atom. The van der Waals surface area contributed by atoms with Crippen molar-refractivity contribution in [2.75, 3.05) is 6.61 Å². The van der Waals surface area contributed by atoms with Crippen LogP contribution in [0.3, 0.4) is 0 Å². The van der Waals surface area contributed by atoms with Gasteiger partial charge in [0.2, 0.25) is 0 Å². The highest BCUT2D eigenvalue weighted by molar-refractivity contribution is 14.1. The Morgan fingerprint density at radius 3 is 2.92 bits per heavy atom. The Bertz CT molecular complexity index is 312. The van der Waals surface area contributed by atoms with E-state index in [0.717, 1.165) is 9.32 Å². The summed E-state index contributed by atoms with van der Waals surface area (Å²) in [5.74, 6) is 3.29. The highest BCUT2D eigenvalue weighted by Crippen LogP contribution is 2.21. The summed E-state index contributed by atoms with van der Waals surface area (Å²) in [7, 11) is 0. The molecule has 0 aliphatic rings. The van der Waals surface area contributed by atoms with E-state index in [-0.39, 0.29) is 0 Å². The summed E-state index contributed by atoms with van der Waals surface area (Å²) in [5.41, 5.74) is 1.23. The monoisotopic (exact) mass is 272 g/mol. The average Bonchev–Trinajstić information content (AvgIpc) is 2.03. The molecule has 0 aliphatic heterocycles. The van der Waals surface area contributed by atoms with Gasteiger partial charge in [-0.1, -0.05) is 12.0 Å². The van der Waals surface area contributed by atoms with E-state index in [1.807, 2.05) is 19.1 Å². The highest BCUT2D eigenvalue weighted by atomic mass is 127. The van der Waals surface area contributed by atoms with Crippen LogP contribution in [0.15, 0.2) is 18.2 Å². The molecule has 62 valence electrons. The van der Waals surface area contributed by atoms with Crippen molar-refractivity contribution in [1.82, 2.24) is 0 Å². The van der Waals surface area contributed by atoms with Crippen LogP contribution in [0.1, 0.15) is 5.56 Å². The van der Waals surface area contributed by atoms with Gasteiger partial charge in [0.15, 0.2) is 0 Å². The Hall–Kier alpha value is -0.690. The van der Waals surface area contributed by atoms with Gasteiger partial charge in [-0.05, 0) is 47.2 Å². The molecule has 12 heavy (non-hydrogen) atoms. The van der Waals surface area contributed by atoms with Gasteiger partial charge in [0.25, 0.3) is 0 Å². The van der Waals surface area contributed by atoms with Crippen LogP contribution in [0, 0.1) is 22.8 Å². The minimum absolute atomic E-state index is 0.332. The third-order valence-electron chi connectivity index (χ3n) is 1.40. The van der Waals surface area contributed by atoms with Crippen molar-refractivity contribution in [1.29, 1.82) is 0 Å². The van der Waals surface area contributed by atoms with E-state index in [4.69, 9.17) is 11.2 Å². The predicted octanol–water partition coefficient (Wildman–Crippen LogP) is 2.61. The standard InChI is InChI=1S/C10H9IO/c1-3-6-12-10-5-4-8(2)7-9(10)11/h1,4-5,7H,6H2,2H3. The second-order valence-electron chi connectivity index (χ2n) is 2.43. The molecule has 0 saturated carbocycles. The number of rotatable bonds is 2. The zero-order valence-electron chi connectivity index (χ0n) is 6.80. The lowest BCUT2D eigenvalue weighted by molar-refractivity contribution is 0.367. The molecule has 2 heteroatoms. The largest absolute Gasteiger partial charge is 0.480 e. The van der Waals surface area contributed by atoms with Gasteiger partial charge in [0.1, 0.15) is 12.4 Å². The van der Waals surface area contributed by atoms with Gasteiger partial charge in [0, 0.05) is 0 Å². The molecule has 1 aromatic carbocycles. The lowest BCUT2D eigenvalue weighted by Crippen LogP contribution is -1.95. The number of hydrogen-bond acceptors (Lipinski definition) is 1. The van der Waals surface area contributed by atoms with Crippen LogP contribution in [-0.2, 0) is 0 Å². The number of benzene rings is 1. The van der Waals surface area contributed by atoms with Crippen LogP contribution in [0.4, 0.5) is 0 Å². The lowest BCUT2D eigenvalue weighted by Gasteiger charge is -2.04. The molecule has 0 saturated heterocycles. The van der Waals surface area contributed by atoms with Crippen LogP contribution in [0.5, 0.6) is 5.75 Å². The lowest BCUT2D eigenvalue weighted by atomic mass is 10.2. The Kier molecular flexibility index (Phi) is 3.42. The number of aryl methyl sites for hydroxylation is 1. The molecule has 0 fully saturated rings. The molecule has 0 atom stereocenters. The van der Waals surface area contributed by atoms with Gasteiger partial charge in [-0.25, -0.2) is 0 Å². The van der Waals surface area contributed by atoms with Crippen LogP contribution in [0.25, 0.3) is 0 Å². The van der Waals surface area contributed by atoms with E-state index >= 15 is 0 Å². The third kappa shape index (κ3) is 2.42. The van der Waals surface area contributed by atoms with E-state index in [0.29, 0.717) is 6.61 Å². The number of ether oxygens (including phenoxy) is 1. The van der Waals surface area contributed by atoms with Crippen molar-refractivity contribution in [3.05, 3.63) is 27.3 Å². The molecule has 0 bridgehead atoms. The van der Waals surface area contributed by atoms with Crippen LogP contribution in [-0.4, -0.2) is 6.61 Å². The molecule has 1 rings (SSSR count). The van der Waals surface area contributed by atoms with E-state index in [9.17, 15) is 0 Å². The topological polar surface area (TPSA) is 9.23 Å². The fourth-order valence-corrected chi connectivity index (χ4v) is 1.67. The van der Waals surface area contributed by atoms with Crippen molar-refractivity contribution < 1.29 is 4.74 Å². The van der Waals surface area contributed by atoms with Gasteiger partial charge in [-0.2, -0.15) is 0 Å². The van der Waals surface area contributed by atoms with Gasteiger partial charge in [-0.3, -0.25) is 0 Å². The maximum atomic E-state index is 5.30. The molecule has 0 aromatic heterocycles. The van der Waals surface area contributed by atoms with Gasteiger partial charge in [0.05, 0.1) is 3.57 Å². The number of halogens is 1. The number of hydrogen-bond donors (Lipinski definition) is 0. The minimum atomic E-state index is 0.332. The minimum Gasteiger partial charge on any atom is -0.480 e. The first-order valence-corrected chi connectivity index (χ1v) is 4.64. The van der Waals surface area contributed by atoms with Crippen molar-refractivity contribution in [2.45, 2.75) is 6.92 Å². The molecule has 1 aromatic rings. The SMILES string of the molecule is C#CCOc1ccc(C)cc1I. The maximum absolute atomic E-state index is 5.30. The summed E-state index contributed by atoms with van der Waals surface area (Å²) in [6, 6.07) is 6.01.